The summed E-state index contributed by atoms with van der Waals surface area (Å²) < 4.78 is 35.4. The smallest absolute Gasteiger partial charge is 0.323 e. The van der Waals surface area contributed by atoms with Crippen LogP contribution in [0.15, 0.2) is 94.9 Å². The van der Waals surface area contributed by atoms with Gasteiger partial charge in [-0.05, 0) is 40.8 Å². The molecule has 4 aromatic carbocycles. The summed E-state index contributed by atoms with van der Waals surface area (Å²) in [6.45, 7) is 0.183. The van der Waals surface area contributed by atoms with Crippen molar-refractivity contribution in [3.63, 3.8) is 0 Å². The molecule has 0 unspecified atom stereocenters. The van der Waals surface area contributed by atoms with E-state index in [4.69, 9.17) is 0 Å². The van der Waals surface area contributed by atoms with Gasteiger partial charge >= 0.3 is 5.97 Å². The molecule has 0 amide bonds. The topological polar surface area (TPSA) is 98.8 Å². The maximum atomic E-state index is 11.9. The van der Waals surface area contributed by atoms with Crippen LogP contribution in [0.25, 0.3) is 38.2 Å². The van der Waals surface area contributed by atoms with Crippen LogP contribution in [0, 0.1) is 0 Å². The molecule has 202 valence electrons. The number of nitrogens with zero attached hydrogens (tertiary/aromatic N) is 2. The fourth-order valence-electron chi connectivity index (χ4n) is 5.03. The van der Waals surface area contributed by atoms with E-state index in [2.05, 4.69) is 16.7 Å². The van der Waals surface area contributed by atoms with Crippen LogP contribution in [0.1, 0.15) is 11.4 Å². The van der Waals surface area contributed by atoms with Crippen molar-refractivity contribution in [2.24, 2.45) is 0 Å². The number of anilines is 1. The zero-order chi connectivity index (χ0) is 27.9. The summed E-state index contributed by atoms with van der Waals surface area (Å²) in [6, 6.07) is 28.2. The highest BCUT2D eigenvalue weighted by Crippen LogP contribution is 2.48. The predicted octanol–water partition coefficient (Wildman–Crippen LogP) is 6.28. The molecular formula is C30H25N2O5S3+. The summed E-state index contributed by atoms with van der Waals surface area (Å²) in [4.78, 5) is 14.7. The number of carboxylic acids is 1. The Balaban J connectivity index is 1.47. The number of hydrogen-bond donors (Lipinski definition) is 2. The van der Waals surface area contributed by atoms with Crippen LogP contribution in [0.4, 0.5) is 5.69 Å². The van der Waals surface area contributed by atoms with Gasteiger partial charge in [0.1, 0.15) is 11.2 Å². The van der Waals surface area contributed by atoms with Gasteiger partial charge in [0.05, 0.1) is 27.9 Å². The quantitative estimate of drug-likeness (QED) is 0.162. The number of thiazole rings is 1. The minimum atomic E-state index is -4.10. The molecule has 1 aliphatic heterocycles. The van der Waals surface area contributed by atoms with Gasteiger partial charge in [-0.25, -0.2) is 0 Å². The molecular weight excluding hydrogens is 565 g/mol. The lowest BCUT2D eigenvalue weighted by Gasteiger charge is -2.18. The summed E-state index contributed by atoms with van der Waals surface area (Å²) in [6.07, 6.45) is 2.23. The molecule has 0 bridgehead atoms. The van der Waals surface area contributed by atoms with Crippen molar-refractivity contribution < 1.29 is 27.4 Å². The summed E-state index contributed by atoms with van der Waals surface area (Å²) in [5, 5.41) is 13.6. The number of fused-ring (bicyclic) bond motifs is 4. The SMILES string of the molecule is O=C(O)CN1C(=Cc2sc3ccc4ccccc4c3[n+]2CCCS(=O)(=O)O)Sc2ccc(-c3ccccc3)cc21. The van der Waals surface area contributed by atoms with Gasteiger partial charge in [-0.3, -0.25) is 9.35 Å². The summed E-state index contributed by atoms with van der Waals surface area (Å²) in [7, 11) is -4.10. The van der Waals surface area contributed by atoms with E-state index >= 15 is 0 Å². The van der Waals surface area contributed by atoms with Gasteiger partial charge in [0.2, 0.25) is 5.52 Å². The van der Waals surface area contributed by atoms with E-state index in [1.165, 1.54) is 11.8 Å². The molecule has 0 aliphatic carbocycles. The zero-order valence-corrected chi connectivity index (χ0v) is 23.7. The van der Waals surface area contributed by atoms with Gasteiger partial charge in [0.25, 0.3) is 15.1 Å². The molecule has 40 heavy (non-hydrogen) atoms. The van der Waals surface area contributed by atoms with Gasteiger partial charge < -0.3 is 10.0 Å². The summed E-state index contributed by atoms with van der Waals surface area (Å²) in [5.41, 5.74) is 3.88. The molecule has 0 saturated heterocycles. The fraction of sp³-hybridized carbons (Fsp3) is 0.133. The van der Waals surface area contributed by atoms with E-state index in [0.717, 1.165) is 52.7 Å². The normalized spacial score (nSPS) is 14.3. The number of benzene rings is 4. The van der Waals surface area contributed by atoms with Crippen LogP contribution in [-0.2, 0) is 21.5 Å². The van der Waals surface area contributed by atoms with Gasteiger partial charge in [0, 0.05) is 11.3 Å². The Kier molecular flexibility index (Phi) is 7.09. The first-order valence-electron chi connectivity index (χ1n) is 12.6. The molecule has 0 spiro atoms. The molecule has 0 atom stereocenters. The van der Waals surface area contributed by atoms with Crippen molar-refractivity contribution >= 4 is 71.9 Å². The van der Waals surface area contributed by atoms with Gasteiger partial charge in [-0.1, -0.05) is 83.8 Å². The van der Waals surface area contributed by atoms with Gasteiger partial charge in [-0.2, -0.15) is 13.0 Å². The Morgan fingerprint density at radius 1 is 0.950 bits per heavy atom. The predicted molar refractivity (Wildman–Crippen MR) is 161 cm³/mol. The van der Waals surface area contributed by atoms with E-state index in [-0.39, 0.29) is 18.7 Å². The number of aromatic nitrogens is 1. The number of carbonyl (C=O) groups is 1. The number of rotatable bonds is 8. The average Bonchev–Trinajstić information content (AvgIpc) is 3.45. The Labute approximate surface area is 239 Å². The minimum absolute atomic E-state index is 0.194. The number of hydrogen-bond acceptors (Lipinski definition) is 6. The number of aryl methyl sites for hydroxylation is 1. The first-order chi connectivity index (χ1) is 19.3. The van der Waals surface area contributed by atoms with Crippen LogP contribution in [0.5, 0.6) is 0 Å². The van der Waals surface area contributed by atoms with E-state index in [0.29, 0.717) is 6.54 Å². The van der Waals surface area contributed by atoms with Crippen LogP contribution in [-0.4, -0.2) is 36.3 Å². The fourth-order valence-corrected chi connectivity index (χ4v) is 7.82. The molecule has 1 aromatic heterocycles. The van der Waals surface area contributed by atoms with Crippen LogP contribution >= 0.6 is 23.1 Å². The van der Waals surface area contributed by atoms with Crippen molar-refractivity contribution in [2.75, 3.05) is 17.2 Å². The number of aliphatic carboxylic acids is 1. The molecule has 2 N–H and O–H groups in total. The van der Waals surface area contributed by atoms with E-state index in [1.54, 1.807) is 11.3 Å². The average molecular weight is 590 g/mol. The Morgan fingerprint density at radius 2 is 1.73 bits per heavy atom. The third-order valence-electron chi connectivity index (χ3n) is 6.78. The molecule has 5 aromatic rings. The maximum absolute atomic E-state index is 11.9. The van der Waals surface area contributed by atoms with Crippen LogP contribution in [0.3, 0.4) is 0 Å². The Hall–Kier alpha value is -3.70. The van der Waals surface area contributed by atoms with Crippen LogP contribution < -0.4 is 9.47 Å². The maximum Gasteiger partial charge on any atom is 0.323 e. The van der Waals surface area contributed by atoms with Gasteiger partial charge in [0.15, 0.2) is 6.54 Å². The van der Waals surface area contributed by atoms with E-state index < -0.39 is 16.1 Å². The van der Waals surface area contributed by atoms with E-state index in [1.807, 2.05) is 83.8 Å². The molecule has 7 nitrogen and oxygen atoms in total. The van der Waals surface area contributed by atoms with Crippen molar-refractivity contribution in [3.8, 4) is 11.1 Å². The first-order valence-corrected chi connectivity index (χ1v) is 15.9. The van der Waals surface area contributed by atoms with Gasteiger partial charge in [-0.15, -0.1) is 0 Å². The summed E-state index contributed by atoms with van der Waals surface area (Å²) in [5.74, 6) is -1.28. The molecule has 6 rings (SSSR count). The molecule has 1 aliphatic rings. The molecule has 2 heterocycles. The highest BCUT2D eigenvalue weighted by atomic mass is 32.2. The zero-order valence-electron chi connectivity index (χ0n) is 21.2. The Bertz CT molecular complexity index is 1900. The van der Waals surface area contributed by atoms with Crippen molar-refractivity contribution in [2.45, 2.75) is 17.9 Å². The third-order valence-corrected chi connectivity index (χ3v) is 9.79. The second kappa shape index (κ2) is 10.7. The number of thioether (sulfide) groups is 1. The highest BCUT2D eigenvalue weighted by Gasteiger charge is 2.30. The van der Waals surface area contributed by atoms with Crippen molar-refractivity contribution in [1.29, 1.82) is 0 Å². The minimum Gasteiger partial charge on any atom is -0.480 e. The third kappa shape index (κ3) is 5.35. The lowest BCUT2D eigenvalue weighted by molar-refractivity contribution is -0.667. The Morgan fingerprint density at radius 3 is 2.50 bits per heavy atom. The van der Waals surface area contributed by atoms with Crippen molar-refractivity contribution in [1.82, 2.24) is 0 Å². The number of carboxylic acid groups (broad SMARTS) is 1. The van der Waals surface area contributed by atoms with Crippen LogP contribution in [0.2, 0.25) is 0 Å². The second-order valence-corrected chi connectivity index (χ2v) is 13.2. The second-order valence-electron chi connectivity index (χ2n) is 9.48. The monoisotopic (exact) mass is 589 g/mol. The largest absolute Gasteiger partial charge is 0.480 e. The highest BCUT2D eigenvalue weighted by molar-refractivity contribution is 8.04. The standard InChI is InChI=1S/C30H24N2O5S3/c33-29(34)19-32-24-17-22(20-7-2-1-3-8-20)12-13-25(24)38-28(32)18-27-31(15-6-16-40(35,36)37)30-23-10-5-4-9-21(23)11-14-26(30)39-27/h1-5,7-14,17-18H,6,15-16,19H2,(H-,33,34,35,36,37)/p+1. The summed E-state index contributed by atoms with van der Waals surface area (Å²) >= 11 is 3.09. The first kappa shape index (κ1) is 26.5. The lowest BCUT2D eigenvalue weighted by Crippen LogP contribution is -2.36. The molecule has 0 fully saturated rings. The van der Waals surface area contributed by atoms with E-state index in [9.17, 15) is 22.9 Å². The van der Waals surface area contributed by atoms with Crippen molar-refractivity contribution in [3.05, 3.63) is 95.0 Å². The molecule has 10 heteroatoms. The molecule has 0 radical (unpaired) electrons. The lowest BCUT2D eigenvalue weighted by atomic mass is 10.0. The molecule has 0 saturated carbocycles.